The Bertz CT molecular complexity index is 495. The van der Waals surface area contributed by atoms with Gasteiger partial charge in [-0.3, -0.25) is 14.8 Å². The molecule has 3 atom stereocenters. The molecular formula is C17H26N4. The van der Waals surface area contributed by atoms with E-state index in [-0.39, 0.29) is 0 Å². The number of aromatic nitrogens is 1. The molecule has 3 fully saturated rings. The highest BCUT2D eigenvalue weighted by Crippen LogP contribution is 2.37. The fraction of sp³-hybridized carbons (Fsp3) is 0.706. The van der Waals surface area contributed by atoms with Gasteiger partial charge in [0.25, 0.3) is 0 Å². The molecular weight excluding hydrogens is 260 g/mol. The van der Waals surface area contributed by atoms with E-state index in [4.69, 9.17) is 4.98 Å². The van der Waals surface area contributed by atoms with Crippen LogP contribution >= 0.6 is 0 Å². The zero-order valence-electron chi connectivity index (χ0n) is 13.0. The first-order valence-corrected chi connectivity index (χ1v) is 8.50. The van der Waals surface area contributed by atoms with Crippen molar-refractivity contribution in [2.24, 2.45) is 0 Å². The second kappa shape index (κ2) is 5.67. The van der Waals surface area contributed by atoms with Crippen LogP contribution in [0.25, 0.3) is 0 Å². The van der Waals surface area contributed by atoms with Crippen LogP contribution in [-0.4, -0.2) is 66.1 Å². The van der Waals surface area contributed by atoms with Gasteiger partial charge in [0.05, 0.1) is 0 Å². The Kier molecular flexibility index (Phi) is 3.69. The predicted molar refractivity (Wildman–Crippen MR) is 84.6 cm³/mol. The number of rotatable bonds is 4. The molecule has 0 aromatic carbocycles. The summed E-state index contributed by atoms with van der Waals surface area (Å²) in [6.07, 6.45) is 4.43. The molecule has 1 aromatic rings. The summed E-state index contributed by atoms with van der Waals surface area (Å²) in [5.74, 6) is 0.590. The second-order valence-electron chi connectivity index (χ2n) is 6.68. The summed E-state index contributed by atoms with van der Waals surface area (Å²) < 4.78 is 0. The maximum Gasteiger partial charge on any atom is 0.0482 e. The van der Waals surface area contributed by atoms with Gasteiger partial charge in [-0.15, -0.1) is 0 Å². The number of likely N-dealkylation sites (N-methyl/N-ethyl adjacent to an activating group) is 1. The van der Waals surface area contributed by atoms with Crippen molar-refractivity contribution in [1.29, 1.82) is 0 Å². The molecule has 4 aliphatic rings. The third-order valence-electron chi connectivity index (χ3n) is 5.61. The molecule has 3 unspecified atom stereocenters. The monoisotopic (exact) mass is 286 g/mol. The smallest absolute Gasteiger partial charge is 0.0482 e. The average molecular weight is 286 g/mol. The van der Waals surface area contributed by atoms with Crippen LogP contribution in [0.4, 0.5) is 0 Å². The van der Waals surface area contributed by atoms with Gasteiger partial charge in [-0.1, -0.05) is 13.0 Å². The minimum absolute atomic E-state index is 0.550. The molecule has 3 saturated heterocycles. The van der Waals surface area contributed by atoms with Crippen molar-refractivity contribution in [2.75, 3.05) is 39.3 Å². The fourth-order valence-corrected chi connectivity index (χ4v) is 4.57. The molecule has 114 valence electrons. The summed E-state index contributed by atoms with van der Waals surface area (Å²) in [4.78, 5) is 10.1. The van der Waals surface area contributed by atoms with Crippen molar-refractivity contribution in [3.05, 3.63) is 29.6 Å². The lowest BCUT2D eigenvalue weighted by atomic mass is 9.87. The number of pyridine rings is 1. The maximum atomic E-state index is 4.73. The largest absolute Gasteiger partial charge is 0.312 e. The van der Waals surface area contributed by atoms with E-state index in [1.807, 2.05) is 6.20 Å². The molecule has 1 aromatic heterocycles. The molecule has 3 aliphatic heterocycles. The first-order chi connectivity index (χ1) is 10.4. The average Bonchev–Trinajstić information content (AvgIpc) is 2.97. The molecule has 2 bridgehead atoms. The van der Waals surface area contributed by atoms with E-state index in [2.05, 4.69) is 34.2 Å². The molecule has 1 aliphatic carbocycles. The number of aryl methyl sites for hydroxylation is 1. The zero-order valence-corrected chi connectivity index (χ0v) is 13.0. The molecule has 5 rings (SSSR count). The zero-order chi connectivity index (χ0) is 14.2. The summed E-state index contributed by atoms with van der Waals surface area (Å²) in [7, 11) is 0. The Morgan fingerprint density at radius 2 is 2.19 bits per heavy atom. The number of nitrogens with one attached hydrogen (secondary N) is 1. The van der Waals surface area contributed by atoms with Crippen LogP contribution in [0, 0.1) is 0 Å². The molecule has 0 spiro atoms. The van der Waals surface area contributed by atoms with Gasteiger partial charge in [0.15, 0.2) is 0 Å². The van der Waals surface area contributed by atoms with Gasteiger partial charge in [-0.25, -0.2) is 0 Å². The summed E-state index contributed by atoms with van der Waals surface area (Å²) in [5, 5.41) is 3.81. The van der Waals surface area contributed by atoms with Gasteiger partial charge in [-0.05, 0) is 31.0 Å². The molecule has 4 heteroatoms. The van der Waals surface area contributed by atoms with Gasteiger partial charge in [0.2, 0.25) is 0 Å². The van der Waals surface area contributed by atoms with Crippen molar-refractivity contribution < 1.29 is 0 Å². The van der Waals surface area contributed by atoms with Crippen molar-refractivity contribution in [2.45, 2.75) is 37.8 Å². The Hall–Kier alpha value is -0.970. The second-order valence-corrected chi connectivity index (χ2v) is 6.68. The number of hydrogen-bond acceptors (Lipinski definition) is 4. The topological polar surface area (TPSA) is 31.4 Å². The Labute approximate surface area is 127 Å². The highest BCUT2D eigenvalue weighted by atomic mass is 15.4. The number of fused-ring (bicyclic) bond motifs is 4. The van der Waals surface area contributed by atoms with E-state index in [1.165, 1.54) is 56.8 Å². The highest BCUT2D eigenvalue weighted by molar-refractivity contribution is 5.30. The number of nitrogens with zero attached hydrogens (tertiary/aromatic N) is 3. The molecule has 0 amide bonds. The van der Waals surface area contributed by atoms with E-state index < -0.39 is 0 Å². The summed E-state index contributed by atoms with van der Waals surface area (Å²) >= 11 is 0. The lowest BCUT2D eigenvalue weighted by Gasteiger charge is -2.51. The normalized spacial score (nSPS) is 35.7. The minimum atomic E-state index is 0.550. The van der Waals surface area contributed by atoms with Crippen LogP contribution in [0.3, 0.4) is 0 Å². The van der Waals surface area contributed by atoms with Crippen LogP contribution in [0.2, 0.25) is 0 Å². The Morgan fingerprint density at radius 3 is 2.90 bits per heavy atom. The van der Waals surface area contributed by atoms with Crippen molar-refractivity contribution in [1.82, 2.24) is 20.1 Å². The highest BCUT2D eigenvalue weighted by Gasteiger charge is 2.42. The summed E-state index contributed by atoms with van der Waals surface area (Å²) in [6.45, 7) is 9.52. The molecule has 4 heterocycles. The standard InChI is InChI=1S/C17H26N4/c1-2-18-17(15-12-20-8-10-21(15)11-9-20)14-6-5-13-4-3-7-19-16(13)14/h3-4,7,14-15,17-18H,2,5-6,8-12H2,1H3. The van der Waals surface area contributed by atoms with Gasteiger partial charge >= 0.3 is 0 Å². The summed E-state index contributed by atoms with van der Waals surface area (Å²) in [5.41, 5.74) is 2.84. The molecule has 0 radical (unpaired) electrons. The van der Waals surface area contributed by atoms with Crippen LogP contribution in [0.15, 0.2) is 18.3 Å². The first kappa shape index (κ1) is 13.7. The third kappa shape index (κ3) is 2.39. The lowest BCUT2D eigenvalue weighted by molar-refractivity contribution is -0.00748. The van der Waals surface area contributed by atoms with Crippen molar-refractivity contribution >= 4 is 0 Å². The maximum absolute atomic E-state index is 4.73. The van der Waals surface area contributed by atoms with E-state index >= 15 is 0 Å². The van der Waals surface area contributed by atoms with Gasteiger partial charge in [-0.2, -0.15) is 0 Å². The Morgan fingerprint density at radius 1 is 1.33 bits per heavy atom. The number of piperazine rings is 3. The SMILES string of the molecule is CCNC(C1CCc2cccnc21)C1CN2CCN1CC2. The molecule has 21 heavy (non-hydrogen) atoms. The van der Waals surface area contributed by atoms with E-state index in [0.29, 0.717) is 18.0 Å². The lowest BCUT2D eigenvalue weighted by Crippen LogP contribution is -2.67. The molecule has 1 N–H and O–H groups in total. The summed E-state index contributed by atoms with van der Waals surface area (Å²) in [6, 6.07) is 5.56. The fourth-order valence-electron chi connectivity index (χ4n) is 4.57. The van der Waals surface area contributed by atoms with Crippen LogP contribution in [0.1, 0.15) is 30.5 Å². The van der Waals surface area contributed by atoms with Crippen LogP contribution in [0.5, 0.6) is 0 Å². The quantitative estimate of drug-likeness (QED) is 0.898. The minimum Gasteiger partial charge on any atom is -0.312 e. The third-order valence-corrected chi connectivity index (χ3v) is 5.61. The van der Waals surface area contributed by atoms with E-state index in [9.17, 15) is 0 Å². The first-order valence-electron chi connectivity index (χ1n) is 8.50. The molecule has 4 nitrogen and oxygen atoms in total. The van der Waals surface area contributed by atoms with Gasteiger partial charge in [0, 0.05) is 62.6 Å². The molecule has 0 saturated carbocycles. The van der Waals surface area contributed by atoms with Gasteiger partial charge in [0.1, 0.15) is 0 Å². The predicted octanol–water partition coefficient (Wildman–Crippen LogP) is 1.09. The Balaban J connectivity index is 1.60. The van der Waals surface area contributed by atoms with Crippen molar-refractivity contribution in [3.8, 4) is 0 Å². The van der Waals surface area contributed by atoms with Crippen LogP contribution in [-0.2, 0) is 6.42 Å². The number of hydrogen-bond donors (Lipinski definition) is 1. The van der Waals surface area contributed by atoms with E-state index in [0.717, 1.165) is 6.54 Å². The van der Waals surface area contributed by atoms with E-state index in [1.54, 1.807) is 0 Å². The van der Waals surface area contributed by atoms with Crippen LogP contribution < -0.4 is 5.32 Å². The van der Waals surface area contributed by atoms with Gasteiger partial charge < -0.3 is 5.32 Å². The van der Waals surface area contributed by atoms with Crippen molar-refractivity contribution in [3.63, 3.8) is 0 Å².